The Kier molecular flexibility index (Phi) is 6.79. The van der Waals surface area contributed by atoms with Crippen LogP contribution in [0.1, 0.15) is 41.9 Å². The van der Waals surface area contributed by atoms with Gasteiger partial charge >= 0.3 is 0 Å². The monoisotopic (exact) mass is 742 g/mol. The fourth-order valence-corrected chi connectivity index (χ4v) is 9.91. The molecule has 0 aliphatic heterocycles. The smallest absolute Gasteiger partial charge is 0.136 e. The maximum absolute atomic E-state index is 6.47. The summed E-state index contributed by atoms with van der Waals surface area (Å²) in [5, 5.41) is 13.4. The lowest BCUT2D eigenvalue weighted by Crippen LogP contribution is -2.15. The van der Waals surface area contributed by atoms with Gasteiger partial charge in [-0.15, -0.1) is 0 Å². The Morgan fingerprint density at radius 2 is 1.16 bits per heavy atom. The van der Waals surface area contributed by atoms with Gasteiger partial charge in [-0.2, -0.15) is 0 Å². The van der Waals surface area contributed by atoms with Crippen molar-refractivity contribution in [2.45, 2.75) is 26.2 Å². The first kappa shape index (κ1) is 33.0. The van der Waals surface area contributed by atoms with E-state index in [1.165, 1.54) is 70.9 Å². The Labute approximate surface area is 335 Å². The van der Waals surface area contributed by atoms with Crippen LogP contribution < -0.4 is 0 Å². The van der Waals surface area contributed by atoms with E-state index in [0.717, 1.165) is 60.9 Å². The van der Waals surface area contributed by atoms with Crippen molar-refractivity contribution in [3.05, 3.63) is 192 Å². The molecule has 0 saturated carbocycles. The standard InChI is InChI=1S/C56H38O2/c1-32(35-18-23-43-50(29-35)56(3,4)49-24-20-34-11-5-6-12-38(34)55(43)49)17-25-51-33(2)44-27-37(21-26-53(44)57-51)36-19-22-41-45(28-36)39-13-7-8-14-40(39)47-31-54-48(30-46(41)47)42-15-9-10-16-52(42)58-54/h5-31H,1H2,2-4H3/b25-17-. The van der Waals surface area contributed by atoms with Gasteiger partial charge in [-0.1, -0.05) is 136 Å². The van der Waals surface area contributed by atoms with Gasteiger partial charge in [0.15, 0.2) is 0 Å². The highest BCUT2D eigenvalue weighted by molar-refractivity contribution is 6.28. The number of hydrogen-bond acceptors (Lipinski definition) is 2. The Morgan fingerprint density at radius 3 is 1.98 bits per heavy atom. The molecule has 0 N–H and O–H groups in total. The van der Waals surface area contributed by atoms with Crippen LogP contribution in [0.15, 0.2) is 173 Å². The van der Waals surface area contributed by atoms with Crippen LogP contribution in [0, 0.1) is 6.92 Å². The molecular weight excluding hydrogens is 705 g/mol. The minimum absolute atomic E-state index is 0.101. The molecule has 0 bridgehead atoms. The zero-order valence-electron chi connectivity index (χ0n) is 32.6. The Hall–Kier alpha value is -7.16. The van der Waals surface area contributed by atoms with Gasteiger partial charge < -0.3 is 8.83 Å². The van der Waals surface area contributed by atoms with E-state index in [2.05, 4.69) is 179 Å². The lowest BCUT2D eigenvalue weighted by Gasteiger charge is -2.22. The zero-order chi connectivity index (χ0) is 38.9. The first-order valence-corrected chi connectivity index (χ1v) is 20.1. The van der Waals surface area contributed by atoms with Crippen LogP contribution >= 0.6 is 0 Å². The predicted molar refractivity (Wildman–Crippen MR) is 246 cm³/mol. The van der Waals surface area contributed by atoms with E-state index in [0.29, 0.717) is 0 Å². The summed E-state index contributed by atoms with van der Waals surface area (Å²) in [5.74, 6) is 0.850. The van der Waals surface area contributed by atoms with Crippen LogP contribution in [-0.2, 0) is 5.41 Å². The van der Waals surface area contributed by atoms with E-state index in [1.807, 2.05) is 12.1 Å². The summed E-state index contributed by atoms with van der Waals surface area (Å²) in [5.41, 5.74) is 13.6. The maximum atomic E-state index is 6.47. The third kappa shape index (κ3) is 4.66. The van der Waals surface area contributed by atoms with Crippen molar-refractivity contribution in [1.29, 1.82) is 0 Å². The number of allylic oxidation sites excluding steroid dienone is 2. The Balaban J connectivity index is 0.899. The second kappa shape index (κ2) is 11.9. The number of furan rings is 2. The number of rotatable bonds is 4. The van der Waals surface area contributed by atoms with Crippen molar-refractivity contribution < 1.29 is 8.83 Å². The summed E-state index contributed by atoms with van der Waals surface area (Å²) in [6.45, 7) is 11.3. The van der Waals surface area contributed by atoms with Gasteiger partial charge in [-0.25, -0.2) is 0 Å². The summed E-state index contributed by atoms with van der Waals surface area (Å²) < 4.78 is 12.8. The first-order chi connectivity index (χ1) is 28.3. The fraction of sp³-hybridized carbons (Fsp3) is 0.0714. The average Bonchev–Trinajstić information content (AvgIpc) is 3.87. The van der Waals surface area contributed by atoms with Crippen molar-refractivity contribution in [2.24, 2.45) is 0 Å². The molecule has 9 aromatic carbocycles. The quantitative estimate of drug-likeness (QED) is 0.133. The molecule has 2 heterocycles. The lowest BCUT2D eigenvalue weighted by molar-refractivity contribution is 0.601. The number of aryl methyl sites for hydroxylation is 1. The van der Waals surface area contributed by atoms with Crippen molar-refractivity contribution in [1.82, 2.24) is 0 Å². The maximum Gasteiger partial charge on any atom is 0.136 e. The molecule has 12 rings (SSSR count). The van der Waals surface area contributed by atoms with E-state index >= 15 is 0 Å². The summed E-state index contributed by atoms with van der Waals surface area (Å²) in [7, 11) is 0. The number of para-hydroxylation sites is 1. The Morgan fingerprint density at radius 1 is 0.500 bits per heavy atom. The summed E-state index contributed by atoms with van der Waals surface area (Å²) in [6, 6.07) is 55.2. The molecule has 0 unspecified atom stereocenters. The van der Waals surface area contributed by atoms with Gasteiger partial charge in [0.25, 0.3) is 0 Å². The van der Waals surface area contributed by atoms with E-state index in [1.54, 1.807) is 0 Å². The Bertz CT molecular complexity index is 3620. The van der Waals surface area contributed by atoms with E-state index in [-0.39, 0.29) is 5.41 Å². The zero-order valence-corrected chi connectivity index (χ0v) is 32.6. The molecule has 2 heteroatoms. The predicted octanol–water partition coefficient (Wildman–Crippen LogP) is 16.0. The van der Waals surface area contributed by atoms with Crippen molar-refractivity contribution >= 4 is 87.6 Å². The average molecular weight is 743 g/mol. The first-order valence-electron chi connectivity index (χ1n) is 20.1. The highest BCUT2D eigenvalue weighted by Crippen LogP contribution is 2.52. The van der Waals surface area contributed by atoms with Crippen molar-refractivity contribution in [3.63, 3.8) is 0 Å². The lowest BCUT2D eigenvalue weighted by atomic mass is 9.81. The molecule has 0 radical (unpaired) electrons. The van der Waals surface area contributed by atoms with Crippen LogP contribution in [0.4, 0.5) is 0 Å². The summed E-state index contributed by atoms with van der Waals surface area (Å²) >= 11 is 0. The molecule has 0 fully saturated rings. The molecule has 2 aromatic heterocycles. The van der Waals surface area contributed by atoms with Crippen LogP contribution in [0.25, 0.3) is 110 Å². The van der Waals surface area contributed by atoms with Gasteiger partial charge in [0.05, 0.1) is 0 Å². The van der Waals surface area contributed by atoms with Crippen LogP contribution in [-0.4, -0.2) is 0 Å². The highest BCUT2D eigenvalue weighted by atomic mass is 16.3. The number of fused-ring (bicyclic) bond motifs is 15. The number of benzene rings is 9. The third-order valence-corrected chi connectivity index (χ3v) is 13.0. The molecule has 11 aromatic rings. The summed E-state index contributed by atoms with van der Waals surface area (Å²) in [4.78, 5) is 0. The van der Waals surface area contributed by atoms with E-state index < -0.39 is 0 Å². The molecular formula is C56H38O2. The number of hydrogen-bond donors (Lipinski definition) is 0. The molecule has 58 heavy (non-hydrogen) atoms. The van der Waals surface area contributed by atoms with Crippen LogP contribution in [0.5, 0.6) is 0 Å². The molecule has 2 nitrogen and oxygen atoms in total. The van der Waals surface area contributed by atoms with Crippen LogP contribution in [0.2, 0.25) is 0 Å². The van der Waals surface area contributed by atoms with Crippen molar-refractivity contribution in [2.75, 3.05) is 0 Å². The molecule has 0 spiro atoms. The fourth-order valence-electron chi connectivity index (χ4n) is 9.91. The van der Waals surface area contributed by atoms with Gasteiger partial charge in [0.2, 0.25) is 0 Å². The molecule has 1 aliphatic rings. The van der Waals surface area contributed by atoms with E-state index in [9.17, 15) is 0 Å². The molecule has 1 aliphatic carbocycles. The molecule has 274 valence electrons. The molecule has 0 amide bonds. The summed E-state index contributed by atoms with van der Waals surface area (Å²) in [6.07, 6.45) is 4.17. The highest BCUT2D eigenvalue weighted by Gasteiger charge is 2.36. The minimum Gasteiger partial charge on any atom is -0.456 e. The second-order valence-electron chi connectivity index (χ2n) is 16.6. The van der Waals surface area contributed by atoms with Gasteiger partial charge in [-0.3, -0.25) is 0 Å². The second-order valence-corrected chi connectivity index (χ2v) is 16.6. The van der Waals surface area contributed by atoms with Gasteiger partial charge in [0, 0.05) is 27.1 Å². The minimum atomic E-state index is -0.101. The van der Waals surface area contributed by atoms with Crippen LogP contribution in [0.3, 0.4) is 0 Å². The largest absolute Gasteiger partial charge is 0.456 e. The normalized spacial score (nSPS) is 13.6. The molecule has 0 atom stereocenters. The van der Waals surface area contributed by atoms with E-state index in [4.69, 9.17) is 8.83 Å². The SMILES string of the molecule is C=C(/C=C\c1oc2ccc(-c3ccc4c(c3)c3ccccc3c3cc5oc6ccccc6c5cc43)cc2c1C)c1ccc2c(c1)C(C)(C)c1ccc3ccccc3c1-2. The van der Waals surface area contributed by atoms with Gasteiger partial charge in [-0.05, 0) is 143 Å². The topological polar surface area (TPSA) is 26.3 Å². The third-order valence-electron chi connectivity index (χ3n) is 13.0. The van der Waals surface area contributed by atoms with Crippen molar-refractivity contribution in [3.8, 4) is 22.3 Å². The van der Waals surface area contributed by atoms with Gasteiger partial charge in [0.1, 0.15) is 22.5 Å². The molecule has 0 saturated heterocycles.